The number of anilines is 4. The van der Waals surface area contributed by atoms with Gasteiger partial charge in [-0.05, 0) is 96.5 Å². The number of hydrogen-bond acceptors (Lipinski definition) is 5. The van der Waals surface area contributed by atoms with Crippen LogP contribution in [0.5, 0.6) is 0 Å². The molecule has 0 aliphatic carbocycles. The molecule has 0 aromatic heterocycles. The van der Waals surface area contributed by atoms with E-state index in [4.69, 9.17) is 0 Å². The van der Waals surface area contributed by atoms with Crippen LogP contribution in [0.4, 0.5) is 37.1 Å². The summed E-state index contributed by atoms with van der Waals surface area (Å²) in [5, 5.41) is 11.9. The average Bonchev–Trinajstić information content (AvgIpc) is 3.04. The molecule has 4 rings (SSSR count). The van der Waals surface area contributed by atoms with Crippen LogP contribution < -0.4 is 21.3 Å². The van der Waals surface area contributed by atoms with Crippen molar-refractivity contribution in [3.8, 4) is 0 Å². The van der Waals surface area contributed by atoms with E-state index in [1.807, 2.05) is 104 Å². The lowest BCUT2D eigenvalue weighted by Gasteiger charge is -2.20. The van der Waals surface area contributed by atoms with Crippen molar-refractivity contribution in [1.29, 1.82) is 0 Å². The zero-order valence-electron chi connectivity index (χ0n) is 27.7. The molecule has 1 atom stereocenters. The number of hydrogen-bond donors (Lipinski definition) is 4. The summed E-state index contributed by atoms with van der Waals surface area (Å²) >= 11 is 2.63. The first kappa shape index (κ1) is 35.6. The van der Waals surface area contributed by atoms with Crippen LogP contribution in [-0.4, -0.2) is 26.5 Å². The lowest BCUT2D eigenvalue weighted by molar-refractivity contribution is 0.262. The summed E-state index contributed by atoms with van der Waals surface area (Å²) in [6.45, 7) is 10.3. The van der Waals surface area contributed by atoms with Crippen LogP contribution in [0.25, 0.3) is 0 Å². The summed E-state index contributed by atoms with van der Waals surface area (Å²) in [5.41, 5.74) is 7.46. The monoisotopic (exact) mass is 668 g/mol. The third-order valence-corrected chi connectivity index (χ3v) is 9.92. The second kappa shape index (κ2) is 17.1. The highest BCUT2D eigenvalue weighted by Crippen LogP contribution is 2.29. The smallest absolute Gasteiger partial charge is 0.317 e. The topological polar surface area (TPSA) is 99.3 Å². The standard InChI is InChI=1S/C38H44N4O3S2/c1-6-26(3)46-36(44)41-33-20-12-29(13-21-33)24-27-8-16-31(17-9-27)39-35(43)40-32-18-10-28(11-19-32)25-30-14-22-34(23-15-30)42-37(45)47-38(4,5)7-2/h8-23,26H,6-7,24-25H2,1-5H3,(H,41,44)(H,42,45)(H2,39,40,43). The minimum absolute atomic E-state index is 0.0378. The van der Waals surface area contributed by atoms with Crippen LogP contribution in [0.3, 0.4) is 0 Å². The molecule has 246 valence electrons. The summed E-state index contributed by atoms with van der Waals surface area (Å²) in [6.07, 6.45) is 3.34. The molecule has 4 aromatic carbocycles. The van der Waals surface area contributed by atoms with Gasteiger partial charge < -0.3 is 21.3 Å². The lowest BCUT2D eigenvalue weighted by Crippen LogP contribution is -2.19. The van der Waals surface area contributed by atoms with E-state index < -0.39 is 0 Å². The predicted octanol–water partition coefficient (Wildman–Crippen LogP) is 11.0. The maximum atomic E-state index is 12.6. The Labute approximate surface area is 287 Å². The fourth-order valence-corrected chi connectivity index (χ4v) is 5.99. The highest BCUT2D eigenvalue weighted by Gasteiger charge is 2.20. The highest BCUT2D eigenvalue weighted by molar-refractivity contribution is 8.15. The van der Waals surface area contributed by atoms with Gasteiger partial charge in [0.2, 0.25) is 0 Å². The zero-order valence-corrected chi connectivity index (χ0v) is 29.3. The molecular formula is C38H44N4O3S2. The van der Waals surface area contributed by atoms with E-state index in [9.17, 15) is 14.4 Å². The second-order valence-electron chi connectivity index (χ2n) is 12.1. The van der Waals surface area contributed by atoms with Gasteiger partial charge in [0.15, 0.2) is 0 Å². The van der Waals surface area contributed by atoms with E-state index in [2.05, 4.69) is 49.0 Å². The summed E-state index contributed by atoms with van der Waals surface area (Å²) in [4.78, 5) is 37.1. The molecule has 0 fully saturated rings. The van der Waals surface area contributed by atoms with E-state index in [1.54, 1.807) is 0 Å². The molecule has 0 saturated carbocycles. The van der Waals surface area contributed by atoms with Crippen molar-refractivity contribution in [3.05, 3.63) is 119 Å². The Bertz CT molecular complexity index is 1620. The van der Waals surface area contributed by atoms with Crippen molar-refractivity contribution in [2.45, 2.75) is 70.3 Å². The van der Waals surface area contributed by atoms with E-state index >= 15 is 0 Å². The maximum Gasteiger partial charge on any atom is 0.323 e. The largest absolute Gasteiger partial charge is 0.323 e. The predicted molar refractivity (Wildman–Crippen MR) is 201 cm³/mol. The van der Waals surface area contributed by atoms with Gasteiger partial charge in [-0.1, -0.05) is 107 Å². The molecule has 0 heterocycles. The van der Waals surface area contributed by atoms with Crippen LogP contribution in [0.15, 0.2) is 97.1 Å². The normalized spacial score (nSPS) is 11.8. The van der Waals surface area contributed by atoms with Crippen molar-refractivity contribution >= 4 is 62.8 Å². The summed E-state index contributed by atoms with van der Waals surface area (Å²) in [5.74, 6) is 0. The van der Waals surface area contributed by atoms with E-state index in [-0.39, 0.29) is 26.5 Å². The maximum absolute atomic E-state index is 12.6. The Kier molecular flexibility index (Phi) is 13.0. The van der Waals surface area contributed by atoms with Gasteiger partial charge in [0.1, 0.15) is 0 Å². The molecule has 9 heteroatoms. The Morgan fingerprint density at radius 3 is 1.26 bits per heavy atom. The molecule has 0 bridgehead atoms. The SMILES string of the molecule is CCC(C)SC(=O)Nc1ccc(Cc2ccc(NC(=O)Nc3ccc(Cc4ccc(NC(=O)SC(C)(C)CC)cc4)cc3)cc2)cc1. The summed E-state index contributed by atoms with van der Waals surface area (Å²) < 4.78 is -0.0953. The number of carbonyl (C=O) groups is 3. The molecular weight excluding hydrogens is 625 g/mol. The Balaban J connectivity index is 1.21. The quantitative estimate of drug-likeness (QED) is 0.120. The van der Waals surface area contributed by atoms with Crippen molar-refractivity contribution in [3.63, 3.8) is 0 Å². The zero-order chi connectivity index (χ0) is 33.8. The van der Waals surface area contributed by atoms with Gasteiger partial charge in [0, 0.05) is 32.7 Å². The third-order valence-electron chi connectivity index (χ3n) is 7.74. The number of benzene rings is 4. The van der Waals surface area contributed by atoms with Gasteiger partial charge in [0.25, 0.3) is 10.5 Å². The number of rotatable bonds is 12. The first-order valence-electron chi connectivity index (χ1n) is 15.9. The number of nitrogens with one attached hydrogen (secondary N) is 4. The van der Waals surface area contributed by atoms with Crippen LogP contribution >= 0.6 is 23.5 Å². The minimum atomic E-state index is -0.312. The molecule has 1 unspecified atom stereocenters. The second-order valence-corrected chi connectivity index (χ2v) is 15.2. The number of carbonyl (C=O) groups excluding carboxylic acids is 3. The van der Waals surface area contributed by atoms with E-state index in [0.29, 0.717) is 11.4 Å². The Morgan fingerprint density at radius 2 is 0.915 bits per heavy atom. The Morgan fingerprint density at radius 1 is 0.574 bits per heavy atom. The third kappa shape index (κ3) is 12.2. The van der Waals surface area contributed by atoms with Crippen molar-refractivity contribution in [2.24, 2.45) is 0 Å². The first-order chi connectivity index (χ1) is 22.5. The van der Waals surface area contributed by atoms with E-state index in [0.717, 1.165) is 59.3 Å². The van der Waals surface area contributed by atoms with Crippen molar-refractivity contribution in [2.75, 3.05) is 21.3 Å². The van der Waals surface area contributed by atoms with Crippen LogP contribution in [0, 0.1) is 0 Å². The fraction of sp³-hybridized carbons (Fsp3) is 0.289. The molecule has 7 nitrogen and oxygen atoms in total. The summed E-state index contributed by atoms with van der Waals surface area (Å²) in [6, 6.07) is 31.0. The summed E-state index contributed by atoms with van der Waals surface area (Å²) in [7, 11) is 0. The fourth-order valence-electron chi connectivity index (χ4n) is 4.47. The van der Waals surface area contributed by atoms with Crippen LogP contribution in [0.1, 0.15) is 69.7 Å². The molecule has 4 N–H and O–H groups in total. The van der Waals surface area contributed by atoms with Gasteiger partial charge in [0.05, 0.1) is 0 Å². The van der Waals surface area contributed by atoms with Gasteiger partial charge in [-0.3, -0.25) is 9.59 Å². The Hall–Kier alpha value is -4.21. The van der Waals surface area contributed by atoms with Gasteiger partial charge >= 0.3 is 6.03 Å². The molecule has 4 amide bonds. The van der Waals surface area contributed by atoms with Gasteiger partial charge in [-0.25, -0.2) is 4.79 Å². The molecule has 47 heavy (non-hydrogen) atoms. The molecule has 0 spiro atoms. The van der Waals surface area contributed by atoms with Gasteiger partial charge in [-0.15, -0.1) is 0 Å². The molecule has 0 saturated heterocycles. The number of thioether (sulfide) groups is 2. The minimum Gasteiger partial charge on any atom is -0.317 e. The highest BCUT2D eigenvalue weighted by atomic mass is 32.2. The van der Waals surface area contributed by atoms with Crippen molar-refractivity contribution < 1.29 is 14.4 Å². The first-order valence-corrected chi connectivity index (χ1v) is 17.6. The molecule has 0 aliphatic heterocycles. The van der Waals surface area contributed by atoms with E-state index in [1.165, 1.54) is 23.5 Å². The number of amides is 4. The van der Waals surface area contributed by atoms with Crippen molar-refractivity contribution in [1.82, 2.24) is 0 Å². The molecule has 0 radical (unpaired) electrons. The number of urea groups is 1. The molecule has 0 aliphatic rings. The average molecular weight is 669 g/mol. The van der Waals surface area contributed by atoms with Crippen LogP contribution in [0.2, 0.25) is 0 Å². The lowest BCUT2D eigenvalue weighted by atomic mass is 10.0. The van der Waals surface area contributed by atoms with Gasteiger partial charge in [-0.2, -0.15) is 0 Å². The van der Waals surface area contributed by atoms with Crippen LogP contribution in [-0.2, 0) is 12.8 Å². The molecule has 4 aromatic rings.